The van der Waals surface area contributed by atoms with Crippen molar-refractivity contribution >= 4 is 0 Å². The Bertz CT molecular complexity index is 542. The van der Waals surface area contributed by atoms with Crippen molar-refractivity contribution in [2.75, 3.05) is 13.6 Å². The van der Waals surface area contributed by atoms with Gasteiger partial charge in [0.2, 0.25) is 0 Å². The Labute approximate surface area is 253 Å². The van der Waals surface area contributed by atoms with Gasteiger partial charge >= 0.3 is 0 Å². The molecule has 1 fully saturated rings. The second-order valence-electron chi connectivity index (χ2n) is 10.6. The van der Waals surface area contributed by atoms with Gasteiger partial charge in [-0.3, -0.25) is 0 Å². The van der Waals surface area contributed by atoms with Crippen LogP contribution in [-0.2, 0) is 9.47 Å². The van der Waals surface area contributed by atoms with Gasteiger partial charge in [-0.2, -0.15) is 0 Å². The van der Waals surface area contributed by atoms with E-state index < -0.39 is 0 Å². The van der Waals surface area contributed by atoms with Gasteiger partial charge in [0, 0.05) is 6.42 Å². The van der Waals surface area contributed by atoms with Crippen molar-refractivity contribution in [3.05, 3.63) is 36.5 Å². The summed E-state index contributed by atoms with van der Waals surface area (Å²) in [6, 6.07) is 0. The summed E-state index contributed by atoms with van der Waals surface area (Å²) in [7, 11) is 2.00. The molecule has 40 heavy (non-hydrogen) atoms. The third-order valence-corrected chi connectivity index (χ3v) is 7.23. The first kappa shape index (κ1) is 41.2. The van der Waals surface area contributed by atoms with Gasteiger partial charge < -0.3 is 14.8 Å². The summed E-state index contributed by atoms with van der Waals surface area (Å²) in [4.78, 5) is 0. The lowest BCUT2D eigenvalue weighted by atomic mass is 9.99. The minimum atomic E-state index is -0.00810. The Hall–Kier alpha value is -0.900. The predicted octanol–water partition coefficient (Wildman–Crippen LogP) is 11.9. The summed E-state index contributed by atoms with van der Waals surface area (Å²) in [5.41, 5.74) is 0. The highest BCUT2D eigenvalue weighted by Crippen LogP contribution is 2.29. The van der Waals surface area contributed by atoms with Crippen LogP contribution in [0.2, 0.25) is 0 Å². The zero-order chi connectivity index (χ0) is 29.9. The number of rotatable bonds is 25. The van der Waals surface area contributed by atoms with Crippen molar-refractivity contribution in [1.82, 2.24) is 5.32 Å². The molecule has 3 heteroatoms. The molecule has 0 aromatic rings. The van der Waals surface area contributed by atoms with Crippen molar-refractivity contribution in [3.63, 3.8) is 0 Å². The lowest BCUT2D eigenvalue weighted by Crippen LogP contribution is -2.22. The van der Waals surface area contributed by atoms with E-state index in [0.29, 0.717) is 12.2 Å². The van der Waals surface area contributed by atoms with Crippen LogP contribution in [-0.4, -0.2) is 32.1 Å². The Balaban J connectivity index is 0. The highest BCUT2D eigenvalue weighted by atomic mass is 16.7. The fraction of sp³-hybridized carbons (Fsp3) is 0.838. The number of nitrogens with one attached hydrogen (secondary N) is 1. The molecule has 1 rings (SSSR count). The molecule has 3 nitrogen and oxygen atoms in total. The second-order valence-corrected chi connectivity index (χ2v) is 10.6. The third-order valence-electron chi connectivity index (χ3n) is 7.23. The third kappa shape index (κ3) is 27.3. The van der Waals surface area contributed by atoms with Crippen LogP contribution in [0.25, 0.3) is 0 Å². The van der Waals surface area contributed by atoms with E-state index in [2.05, 4.69) is 55.6 Å². The summed E-state index contributed by atoms with van der Waals surface area (Å²) in [5, 5.41) is 3.23. The molecule has 1 aliphatic heterocycles. The zero-order valence-corrected chi connectivity index (χ0v) is 28.4. The van der Waals surface area contributed by atoms with Crippen LogP contribution < -0.4 is 5.32 Å². The minimum absolute atomic E-state index is 0.00810. The summed E-state index contributed by atoms with van der Waals surface area (Å²) in [6.07, 6.45) is 39.8. The first-order chi connectivity index (χ1) is 19.8. The fourth-order valence-electron chi connectivity index (χ4n) is 4.97. The van der Waals surface area contributed by atoms with Gasteiger partial charge in [0.15, 0.2) is 6.29 Å². The van der Waals surface area contributed by atoms with Crippen LogP contribution in [0.5, 0.6) is 0 Å². The molecule has 238 valence electrons. The topological polar surface area (TPSA) is 30.5 Å². The smallest absolute Gasteiger partial charge is 0.159 e. The van der Waals surface area contributed by atoms with Crippen molar-refractivity contribution < 1.29 is 9.47 Å². The Kier molecular flexibility index (Phi) is 37.2. The van der Waals surface area contributed by atoms with Gasteiger partial charge in [-0.05, 0) is 78.3 Å². The fourth-order valence-corrected chi connectivity index (χ4v) is 4.97. The molecule has 0 radical (unpaired) electrons. The van der Waals surface area contributed by atoms with E-state index in [9.17, 15) is 0 Å². The van der Waals surface area contributed by atoms with E-state index in [0.717, 1.165) is 32.2 Å². The quantitative estimate of drug-likeness (QED) is 0.0885. The average Bonchev–Trinajstić information content (AvgIpc) is 3.38. The predicted molar refractivity (Wildman–Crippen MR) is 181 cm³/mol. The van der Waals surface area contributed by atoms with Crippen LogP contribution in [0, 0.1) is 0 Å². The molecule has 1 aliphatic rings. The molecule has 0 spiro atoms. The molecule has 1 heterocycles. The SMILES string of the molecule is C/C=C\CCCCCCCC1OC(CCNC)OC1CCCCCCC/C=C\C/C=C\CCCCC.CC.CC. The van der Waals surface area contributed by atoms with Gasteiger partial charge in [0.1, 0.15) is 0 Å². The molecule has 3 unspecified atom stereocenters. The van der Waals surface area contributed by atoms with Crippen LogP contribution in [0.4, 0.5) is 0 Å². The maximum Gasteiger partial charge on any atom is 0.159 e. The number of ether oxygens (including phenoxy) is 2. The molecule has 0 saturated carbocycles. The van der Waals surface area contributed by atoms with Crippen molar-refractivity contribution in [1.29, 1.82) is 0 Å². The van der Waals surface area contributed by atoms with Gasteiger partial charge in [-0.25, -0.2) is 0 Å². The van der Waals surface area contributed by atoms with Gasteiger partial charge in [0.05, 0.1) is 12.2 Å². The van der Waals surface area contributed by atoms with Gasteiger partial charge in [-0.15, -0.1) is 0 Å². The minimum Gasteiger partial charge on any atom is -0.347 e. The molecule has 0 bridgehead atoms. The highest BCUT2D eigenvalue weighted by molar-refractivity contribution is 4.92. The highest BCUT2D eigenvalue weighted by Gasteiger charge is 2.34. The molecular formula is C37H73NO2. The molecule has 1 saturated heterocycles. The van der Waals surface area contributed by atoms with Gasteiger partial charge in [0.25, 0.3) is 0 Å². The first-order valence-corrected chi connectivity index (χ1v) is 17.7. The monoisotopic (exact) mass is 564 g/mol. The van der Waals surface area contributed by atoms with Crippen molar-refractivity contribution in [2.24, 2.45) is 0 Å². The summed E-state index contributed by atoms with van der Waals surface area (Å²) >= 11 is 0. The van der Waals surface area contributed by atoms with Crippen molar-refractivity contribution in [2.45, 2.75) is 188 Å². The molecule has 1 N–H and O–H groups in total. The number of unbranched alkanes of at least 4 members (excludes halogenated alkanes) is 13. The maximum atomic E-state index is 6.33. The van der Waals surface area contributed by atoms with Crippen LogP contribution in [0.1, 0.15) is 170 Å². The molecule has 0 amide bonds. The van der Waals surface area contributed by atoms with E-state index >= 15 is 0 Å². The summed E-state index contributed by atoms with van der Waals surface area (Å²) in [5.74, 6) is 0. The Morgan fingerprint density at radius 3 is 1.48 bits per heavy atom. The van der Waals surface area contributed by atoms with Crippen LogP contribution in [0.3, 0.4) is 0 Å². The maximum absolute atomic E-state index is 6.33. The zero-order valence-electron chi connectivity index (χ0n) is 28.4. The molecule has 3 atom stereocenters. The molecule has 0 aromatic carbocycles. The molecular weight excluding hydrogens is 490 g/mol. The van der Waals surface area contributed by atoms with E-state index in [4.69, 9.17) is 9.47 Å². The normalized spacial score (nSPS) is 18.8. The number of allylic oxidation sites excluding steroid dienone is 6. The van der Waals surface area contributed by atoms with E-state index in [1.165, 1.54) is 103 Å². The van der Waals surface area contributed by atoms with E-state index in [1.807, 2.05) is 34.7 Å². The van der Waals surface area contributed by atoms with E-state index in [-0.39, 0.29) is 6.29 Å². The summed E-state index contributed by atoms with van der Waals surface area (Å²) in [6.45, 7) is 13.3. The van der Waals surface area contributed by atoms with Crippen LogP contribution in [0.15, 0.2) is 36.5 Å². The van der Waals surface area contributed by atoms with Gasteiger partial charge in [-0.1, -0.05) is 135 Å². The average molecular weight is 564 g/mol. The molecule has 0 aliphatic carbocycles. The Morgan fingerprint density at radius 2 is 1.00 bits per heavy atom. The standard InChI is InChI=1S/C33H61NO2.2C2H6/c1-4-6-8-10-12-14-15-16-17-18-19-20-22-24-26-28-32-31(35-33(36-32)29-30-34-3)27-25-23-21-13-11-9-7-5-2;2*1-2/h5,7,12,14,16-17,31-34H,4,6,8-11,13,15,18-30H2,1-3H3;2*1-2H3/b7-5-,14-12-,17-16-;;. The van der Waals surface area contributed by atoms with Crippen molar-refractivity contribution in [3.8, 4) is 0 Å². The lowest BCUT2D eigenvalue weighted by Gasteiger charge is -2.16. The lowest BCUT2D eigenvalue weighted by molar-refractivity contribution is -0.0709. The number of hydrogen-bond donors (Lipinski definition) is 1. The first-order valence-electron chi connectivity index (χ1n) is 17.7. The number of hydrogen-bond acceptors (Lipinski definition) is 3. The summed E-state index contributed by atoms with van der Waals surface area (Å²) < 4.78 is 12.7. The second kappa shape index (κ2) is 36.1. The van der Waals surface area contributed by atoms with Crippen LogP contribution >= 0.6 is 0 Å². The van der Waals surface area contributed by atoms with E-state index in [1.54, 1.807) is 0 Å². The largest absolute Gasteiger partial charge is 0.347 e. The molecule has 0 aromatic heterocycles. The Morgan fingerprint density at radius 1 is 0.550 bits per heavy atom.